The largest absolute Gasteiger partial charge is 0.484 e. The topological polar surface area (TPSA) is 84.6 Å². The molecule has 1 aliphatic rings. The van der Waals surface area contributed by atoms with Gasteiger partial charge in [0.05, 0.1) is 31.7 Å². The number of para-hydroxylation sites is 1. The first-order valence-corrected chi connectivity index (χ1v) is 11.6. The number of aliphatic hydroxyl groups excluding tert-OH is 1. The van der Waals surface area contributed by atoms with Crippen LogP contribution in [-0.4, -0.2) is 85.6 Å². The van der Waals surface area contributed by atoms with Gasteiger partial charge in [-0.1, -0.05) is 32.0 Å². The summed E-state index contributed by atoms with van der Waals surface area (Å²) in [6.45, 7) is 8.33. The van der Waals surface area contributed by atoms with Crippen molar-refractivity contribution in [2.24, 2.45) is 5.92 Å². The highest BCUT2D eigenvalue weighted by Gasteiger charge is 2.26. The molecule has 1 amide bonds. The third-order valence-corrected chi connectivity index (χ3v) is 5.29. The van der Waals surface area contributed by atoms with Crippen molar-refractivity contribution in [2.75, 3.05) is 52.5 Å². The summed E-state index contributed by atoms with van der Waals surface area (Å²) in [6.07, 6.45) is 0.880. The van der Waals surface area contributed by atoms with Gasteiger partial charge in [0.15, 0.2) is 6.61 Å². The summed E-state index contributed by atoms with van der Waals surface area (Å²) >= 11 is 0. The molecule has 1 saturated heterocycles. The van der Waals surface area contributed by atoms with Crippen LogP contribution in [0.4, 0.5) is 0 Å². The smallest absolute Gasteiger partial charge is 0.260 e. The normalized spacial score (nSPS) is 17.8. The number of hydrogen-bond donors (Lipinski definition) is 1. The Labute approximate surface area is 196 Å². The second kappa shape index (κ2) is 13.3. The Morgan fingerprint density at radius 3 is 2.79 bits per heavy atom. The van der Waals surface area contributed by atoms with Crippen LogP contribution in [0.25, 0.3) is 0 Å². The fourth-order valence-electron chi connectivity index (χ4n) is 3.82. The minimum absolute atomic E-state index is 0.00110. The van der Waals surface area contributed by atoms with Crippen molar-refractivity contribution in [3.63, 3.8) is 0 Å². The molecule has 8 nitrogen and oxygen atoms in total. The van der Waals surface area contributed by atoms with Crippen molar-refractivity contribution in [3.05, 3.63) is 54.5 Å². The molecule has 1 N–H and O–H groups in total. The SMILES string of the molecule is CC(C)CN(C[C@H]1CN(C[C@H](O)COCc2ccco2)CCO1)C(=O)COc1ccccc1. The van der Waals surface area contributed by atoms with E-state index in [-0.39, 0.29) is 25.2 Å². The molecule has 0 radical (unpaired) electrons. The molecule has 0 saturated carbocycles. The van der Waals surface area contributed by atoms with E-state index in [9.17, 15) is 9.90 Å². The number of aliphatic hydroxyl groups is 1. The van der Waals surface area contributed by atoms with Gasteiger partial charge in [0.1, 0.15) is 18.1 Å². The maximum Gasteiger partial charge on any atom is 0.260 e. The standard InChI is InChI=1S/C25H36N2O6/c1-20(2)13-27(25(29)19-33-22-7-4-3-5-8-22)16-24-15-26(10-12-32-24)14-21(28)17-30-18-23-9-6-11-31-23/h3-9,11,20-21,24,28H,10,12-19H2,1-2H3/t21-,24+/m0/s1. The Morgan fingerprint density at radius 1 is 1.24 bits per heavy atom. The molecule has 1 fully saturated rings. The van der Waals surface area contributed by atoms with Crippen LogP contribution in [0.5, 0.6) is 5.75 Å². The lowest BCUT2D eigenvalue weighted by Crippen LogP contribution is -2.51. The minimum Gasteiger partial charge on any atom is -0.484 e. The first-order valence-electron chi connectivity index (χ1n) is 11.6. The molecule has 1 aromatic carbocycles. The van der Waals surface area contributed by atoms with Gasteiger partial charge in [-0.15, -0.1) is 0 Å². The maximum atomic E-state index is 12.9. The summed E-state index contributed by atoms with van der Waals surface area (Å²) in [6, 6.07) is 13.0. The molecule has 0 unspecified atom stereocenters. The number of morpholine rings is 1. The fourth-order valence-corrected chi connectivity index (χ4v) is 3.82. The number of carbonyl (C=O) groups excluding carboxylic acids is 1. The highest BCUT2D eigenvalue weighted by molar-refractivity contribution is 5.77. The lowest BCUT2D eigenvalue weighted by atomic mass is 10.1. The summed E-state index contributed by atoms with van der Waals surface area (Å²) in [5.41, 5.74) is 0. The van der Waals surface area contributed by atoms with Crippen LogP contribution in [0.2, 0.25) is 0 Å². The Kier molecular flexibility index (Phi) is 10.2. The number of hydrogen-bond acceptors (Lipinski definition) is 7. The van der Waals surface area contributed by atoms with Crippen LogP contribution >= 0.6 is 0 Å². The van der Waals surface area contributed by atoms with Gasteiger partial charge in [-0.25, -0.2) is 0 Å². The summed E-state index contributed by atoms with van der Waals surface area (Å²) in [5.74, 6) is 1.69. The van der Waals surface area contributed by atoms with Crippen molar-refractivity contribution in [3.8, 4) is 5.75 Å². The molecule has 33 heavy (non-hydrogen) atoms. The quantitative estimate of drug-likeness (QED) is 0.491. The number of ether oxygens (including phenoxy) is 3. The Balaban J connectivity index is 1.44. The minimum atomic E-state index is -0.605. The fraction of sp³-hybridized carbons (Fsp3) is 0.560. The van der Waals surface area contributed by atoms with Gasteiger partial charge in [0.2, 0.25) is 0 Å². The van der Waals surface area contributed by atoms with Crippen LogP contribution in [0.3, 0.4) is 0 Å². The zero-order valence-corrected chi connectivity index (χ0v) is 19.6. The van der Waals surface area contributed by atoms with Crippen molar-refractivity contribution < 1.29 is 28.5 Å². The number of carbonyl (C=O) groups is 1. The van der Waals surface area contributed by atoms with E-state index in [1.165, 1.54) is 0 Å². The van der Waals surface area contributed by atoms with E-state index in [0.717, 1.165) is 12.3 Å². The second-order valence-electron chi connectivity index (χ2n) is 8.79. The average molecular weight is 461 g/mol. The van der Waals surface area contributed by atoms with Gasteiger partial charge in [-0.3, -0.25) is 9.69 Å². The first kappa shape index (κ1) is 25.2. The van der Waals surface area contributed by atoms with Gasteiger partial charge in [0.25, 0.3) is 5.91 Å². The predicted molar refractivity (Wildman–Crippen MR) is 124 cm³/mol. The molecule has 1 aromatic heterocycles. The number of amides is 1. The van der Waals surface area contributed by atoms with Crippen molar-refractivity contribution in [1.82, 2.24) is 9.80 Å². The average Bonchev–Trinajstić information content (AvgIpc) is 3.31. The summed E-state index contributed by atoms with van der Waals surface area (Å²) in [7, 11) is 0. The van der Waals surface area contributed by atoms with Crippen LogP contribution in [0.15, 0.2) is 53.1 Å². The van der Waals surface area contributed by atoms with Gasteiger partial charge in [-0.05, 0) is 30.2 Å². The Hall–Kier alpha value is -2.39. The monoisotopic (exact) mass is 460 g/mol. The number of β-amino-alcohol motifs (C(OH)–C–C–N with tert-alkyl or cyclic N) is 1. The third-order valence-electron chi connectivity index (χ3n) is 5.29. The highest BCUT2D eigenvalue weighted by Crippen LogP contribution is 2.12. The van der Waals surface area contributed by atoms with E-state index >= 15 is 0 Å². The number of furan rings is 1. The Bertz CT molecular complexity index is 798. The predicted octanol–water partition coefficient (Wildman–Crippen LogP) is 2.42. The molecule has 8 heteroatoms. The van der Waals surface area contributed by atoms with Crippen LogP contribution in [-0.2, 0) is 20.9 Å². The zero-order valence-electron chi connectivity index (χ0n) is 19.6. The second-order valence-corrected chi connectivity index (χ2v) is 8.79. The van der Waals surface area contributed by atoms with E-state index < -0.39 is 6.10 Å². The molecule has 1 aliphatic heterocycles. The lowest BCUT2D eigenvalue weighted by Gasteiger charge is -2.37. The van der Waals surface area contributed by atoms with Crippen LogP contribution in [0, 0.1) is 5.92 Å². The lowest BCUT2D eigenvalue weighted by molar-refractivity contribution is -0.137. The zero-order chi connectivity index (χ0) is 23.5. The van der Waals surface area contributed by atoms with Gasteiger partial charge >= 0.3 is 0 Å². The number of benzene rings is 1. The first-order chi connectivity index (χ1) is 16.0. The molecule has 2 atom stereocenters. The molecule has 3 rings (SSSR count). The highest BCUT2D eigenvalue weighted by atomic mass is 16.5. The molecule has 182 valence electrons. The van der Waals surface area contributed by atoms with Gasteiger partial charge in [-0.2, -0.15) is 0 Å². The summed E-state index contributed by atoms with van der Waals surface area (Å²) < 4.78 is 22.4. The number of nitrogens with zero attached hydrogens (tertiary/aromatic N) is 2. The van der Waals surface area contributed by atoms with E-state index in [1.54, 1.807) is 6.26 Å². The molecule has 0 spiro atoms. The van der Waals surface area contributed by atoms with Gasteiger partial charge in [0, 0.05) is 32.7 Å². The maximum absolute atomic E-state index is 12.9. The van der Waals surface area contributed by atoms with Gasteiger partial charge < -0.3 is 28.6 Å². The molecular weight excluding hydrogens is 424 g/mol. The van der Waals surface area contributed by atoms with Crippen LogP contribution < -0.4 is 4.74 Å². The molecule has 2 heterocycles. The summed E-state index contributed by atoms with van der Waals surface area (Å²) in [4.78, 5) is 16.9. The van der Waals surface area contributed by atoms with Crippen molar-refractivity contribution in [1.29, 1.82) is 0 Å². The van der Waals surface area contributed by atoms with Crippen LogP contribution in [0.1, 0.15) is 19.6 Å². The van der Waals surface area contributed by atoms with Crippen molar-refractivity contribution in [2.45, 2.75) is 32.7 Å². The van der Waals surface area contributed by atoms with E-state index in [0.29, 0.717) is 51.1 Å². The van der Waals surface area contributed by atoms with E-state index in [1.807, 2.05) is 47.4 Å². The van der Waals surface area contributed by atoms with E-state index in [2.05, 4.69) is 18.7 Å². The Morgan fingerprint density at radius 2 is 2.06 bits per heavy atom. The summed E-state index contributed by atoms with van der Waals surface area (Å²) in [5, 5.41) is 10.4. The third kappa shape index (κ3) is 9.17. The molecule has 0 bridgehead atoms. The molecule has 0 aliphatic carbocycles. The van der Waals surface area contributed by atoms with Crippen molar-refractivity contribution >= 4 is 5.91 Å². The molecular formula is C25H36N2O6. The number of rotatable bonds is 13. The molecule has 2 aromatic rings. The van der Waals surface area contributed by atoms with E-state index in [4.69, 9.17) is 18.6 Å².